The minimum Gasteiger partial charge on any atom is -0.366 e. The predicted octanol–water partition coefficient (Wildman–Crippen LogP) is 2.14. The lowest BCUT2D eigenvalue weighted by Crippen LogP contribution is -2.53. The Morgan fingerprint density at radius 1 is 1.22 bits per heavy atom. The van der Waals surface area contributed by atoms with Crippen molar-refractivity contribution in [3.05, 3.63) is 35.9 Å². The zero-order valence-corrected chi connectivity index (χ0v) is 14.3. The second kappa shape index (κ2) is 7.13. The first-order chi connectivity index (χ1) is 10.8. The van der Waals surface area contributed by atoms with E-state index in [1.807, 2.05) is 30.3 Å². The molecule has 1 saturated heterocycles. The number of amides is 2. The molecule has 1 aromatic carbocycles. The minimum atomic E-state index is -0.196. The van der Waals surface area contributed by atoms with Gasteiger partial charge in [0.15, 0.2) is 0 Å². The Kier molecular flexibility index (Phi) is 5.42. The van der Waals surface area contributed by atoms with Crippen molar-refractivity contribution in [3.63, 3.8) is 0 Å². The summed E-state index contributed by atoms with van der Waals surface area (Å²) in [6.45, 7) is 8.84. The van der Waals surface area contributed by atoms with Crippen LogP contribution in [0.1, 0.15) is 39.4 Å². The lowest BCUT2D eigenvalue weighted by Gasteiger charge is -2.43. The molecule has 23 heavy (non-hydrogen) atoms. The van der Waals surface area contributed by atoms with Gasteiger partial charge in [-0.15, -0.1) is 0 Å². The van der Waals surface area contributed by atoms with E-state index in [2.05, 4.69) is 26.1 Å². The Bertz CT molecular complexity index is 551. The van der Waals surface area contributed by atoms with Gasteiger partial charge in [-0.2, -0.15) is 0 Å². The molecule has 2 amide bonds. The summed E-state index contributed by atoms with van der Waals surface area (Å²) in [7, 11) is 0. The maximum absolute atomic E-state index is 12.4. The summed E-state index contributed by atoms with van der Waals surface area (Å²) in [5.74, 6) is -0.266. The van der Waals surface area contributed by atoms with Crippen molar-refractivity contribution < 1.29 is 14.3 Å². The maximum atomic E-state index is 12.4. The zero-order valence-electron chi connectivity index (χ0n) is 14.3. The van der Waals surface area contributed by atoms with E-state index in [1.165, 1.54) is 6.92 Å². The minimum absolute atomic E-state index is 0.0354. The molecule has 1 aliphatic heterocycles. The molecule has 1 heterocycles. The Balaban J connectivity index is 2.15. The standard InChI is InChI=1S/C18H26N2O3/c1-13(21)19-10-17(22)20-11-15(14-8-6-5-7-9-14)23-16(12-20)18(2,3)4/h5-9,15-16H,10-12H2,1-4H3,(H,19,21)/t15-,16+/m0/s1. The average molecular weight is 318 g/mol. The quantitative estimate of drug-likeness (QED) is 0.929. The fraction of sp³-hybridized carbons (Fsp3) is 0.556. The van der Waals surface area contributed by atoms with Gasteiger partial charge in [-0.25, -0.2) is 0 Å². The van der Waals surface area contributed by atoms with E-state index < -0.39 is 0 Å². The summed E-state index contributed by atoms with van der Waals surface area (Å²) < 4.78 is 6.26. The Morgan fingerprint density at radius 2 is 1.87 bits per heavy atom. The van der Waals surface area contributed by atoms with Gasteiger partial charge in [-0.05, 0) is 11.0 Å². The van der Waals surface area contributed by atoms with Crippen LogP contribution in [0.5, 0.6) is 0 Å². The number of carbonyl (C=O) groups excluding carboxylic acids is 2. The second-order valence-electron chi connectivity index (χ2n) is 7.10. The SMILES string of the molecule is CC(=O)NCC(=O)N1C[C@@H](c2ccccc2)O[C@@H](C(C)(C)C)C1. The van der Waals surface area contributed by atoms with Crippen molar-refractivity contribution in [1.29, 1.82) is 0 Å². The van der Waals surface area contributed by atoms with Gasteiger partial charge in [0.2, 0.25) is 11.8 Å². The van der Waals surface area contributed by atoms with Crippen molar-refractivity contribution >= 4 is 11.8 Å². The molecule has 0 radical (unpaired) electrons. The number of hydrogen-bond donors (Lipinski definition) is 1. The molecule has 1 fully saturated rings. The van der Waals surface area contributed by atoms with Gasteiger partial charge in [0.1, 0.15) is 6.10 Å². The first-order valence-corrected chi connectivity index (χ1v) is 8.00. The van der Waals surface area contributed by atoms with Crippen LogP contribution in [0, 0.1) is 5.41 Å². The van der Waals surface area contributed by atoms with Crippen LogP contribution in [0.3, 0.4) is 0 Å². The molecule has 5 nitrogen and oxygen atoms in total. The molecule has 5 heteroatoms. The van der Waals surface area contributed by atoms with Gasteiger partial charge in [-0.1, -0.05) is 51.1 Å². The third kappa shape index (κ3) is 4.79. The molecule has 126 valence electrons. The fourth-order valence-electron chi connectivity index (χ4n) is 2.60. The Morgan fingerprint density at radius 3 is 2.43 bits per heavy atom. The highest BCUT2D eigenvalue weighted by atomic mass is 16.5. The highest BCUT2D eigenvalue weighted by molar-refractivity contribution is 5.83. The number of nitrogens with one attached hydrogen (secondary N) is 1. The molecule has 1 aromatic rings. The Labute approximate surface area is 138 Å². The van der Waals surface area contributed by atoms with E-state index in [4.69, 9.17) is 4.74 Å². The summed E-state index contributed by atoms with van der Waals surface area (Å²) in [6.07, 6.45) is -0.196. The van der Waals surface area contributed by atoms with Crippen LogP contribution in [0.4, 0.5) is 0 Å². The van der Waals surface area contributed by atoms with Gasteiger partial charge in [-0.3, -0.25) is 9.59 Å². The Hall–Kier alpha value is -1.88. The van der Waals surface area contributed by atoms with E-state index in [0.29, 0.717) is 13.1 Å². The summed E-state index contributed by atoms with van der Waals surface area (Å²) in [6, 6.07) is 9.96. The summed E-state index contributed by atoms with van der Waals surface area (Å²) in [5, 5.41) is 2.58. The highest BCUT2D eigenvalue weighted by Crippen LogP contribution is 2.33. The van der Waals surface area contributed by atoms with Crippen LogP contribution < -0.4 is 5.32 Å². The number of benzene rings is 1. The lowest BCUT2D eigenvalue weighted by atomic mass is 9.87. The van der Waals surface area contributed by atoms with Crippen LogP contribution in [-0.4, -0.2) is 42.5 Å². The normalized spacial score (nSPS) is 21.8. The molecule has 1 aliphatic rings. The number of rotatable bonds is 3. The second-order valence-corrected chi connectivity index (χ2v) is 7.10. The van der Waals surface area contributed by atoms with Gasteiger partial charge < -0.3 is 15.0 Å². The molecule has 0 unspecified atom stereocenters. The number of nitrogens with zero attached hydrogens (tertiary/aromatic N) is 1. The number of morpholine rings is 1. The molecule has 0 bridgehead atoms. The smallest absolute Gasteiger partial charge is 0.242 e. The number of carbonyl (C=O) groups is 2. The number of ether oxygens (including phenoxy) is 1. The molecule has 1 N–H and O–H groups in total. The van der Waals surface area contributed by atoms with Crippen molar-refractivity contribution in [3.8, 4) is 0 Å². The maximum Gasteiger partial charge on any atom is 0.242 e. The van der Waals surface area contributed by atoms with Crippen molar-refractivity contribution in [1.82, 2.24) is 10.2 Å². The van der Waals surface area contributed by atoms with Crippen LogP contribution in [0.25, 0.3) is 0 Å². The van der Waals surface area contributed by atoms with Crippen LogP contribution in [0.15, 0.2) is 30.3 Å². The molecule has 2 rings (SSSR count). The summed E-state index contributed by atoms with van der Waals surface area (Å²) in [5.41, 5.74) is 0.999. The van der Waals surface area contributed by atoms with Crippen molar-refractivity contribution in [2.24, 2.45) is 5.41 Å². The van der Waals surface area contributed by atoms with Gasteiger partial charge in [0, 0.05) is 13.5 Å². The van der Waals surface area contributed by atoms with E-state index in [9.17, 15) is 9.59 Å². The van der Waals surface area contributed by atoms with E-state index >= 15 is 0 Å². The van der Waals surface area contributed by atoms with E-state index in [1.54, 1.807) is 4.90 Å². The molecular formula is C18H26N2O3. The van der Waals surface area contributed by atoms with Gasteiger partial charge in [0.05, 0.1) is 19.2 Å². The summed E-state index contributed by atoms with van der Waals surface area (Å²) >= 11 is 0. The molecule has 0 aliphatic carbocycles. The monoisotopic (exact) mass is 318 g/mol. The largest absolute Gasteiger partial charge is 0.366 e. The third-order valence-corrected chi connectivity index (χ3v) is 4.08. The van der Waals surface area contributed by atoms with Crippen LogP contribution >= 0.6 is 0 Å². The van der Waals surface area contributed by atoms with E-state index in [0.717, 1.165) is 5.56 Å². The highest BCUT2D eigenvalue weighted by Gasteiger charge is 2.37. The molecule has 0 saturated carbocycles. The summed E-state index contributed by atoms with van der Waals surface area (Å²) in [4.78, 5) is 25.2. The van der Waals surface area contributed by atoms with Crippen molar-refractivity contribution in [2.75, 3.05) is 19.6 Å². The zero-order chi connectivity index (χ0) is 17.0. The predicted molar refractivity (Wildman–Crippen MR) is 88.8 cm³/mol. The molecule has 0 spiro atoms. The topological polar surface area (TPSA) is 58.6 Å². The van der Waals surface area contributed by atoms with E-state index in [-0.39, 0.29) is 36.0 Å². The average Bonchev–Trinajstić information content (AvgIpc) is 2.52. The lowest BCUT2D eigenvalue weighted by molar-refractivity contribution is -0.156. The fourth-order valence-corrected chi connectivity index (χ4v) is 2.60. The third-order valence-electron chi connectivity index (χ3n) is 4.08. The number of hydrogen-bond acceptors (Lipinski definition) is 3. The molecule has 0 aromatic heterocycles. The van der Waals surface area contributed by atoms with Gasteiger partial charge in [0.25, 0.3) is 0 Å². The first-order valence-electron chi connectivity index (χ1n) is 8.00. The van der Waals surface area contributed by atoms with Crippen LogP contribution in [0.2, 0.25) is 0 Å². The van der Waals surface area contributed by atoms with Gasteiger partial charge >= 0.3 is 0 Å². The molecule has 2 atom stereocenters. The van der Waals surface area contributed by atoms with Crippen molar-refractivity contribution in [2.45, 2.75) is 39.9 Å². The van der Waals surface area contributed by atoms with Crippen LogP contribution in [-0.2, 0) is 14.3 Å². The molecular weight excluding hydrogens is 292 g/mol. The first kappa shape index (κ1) is 17.5.